The molecule has 39 nitrogen and oxygen atoms in total. The molecule has 0 heterocycles. The third-order valence-electron chi connectivity index (χ3n) is 21.0. The zero-order valence-electron chi connectivity index (χ0n) is 73.8. The average molecular weight is 1810 g/mol. The molecule has 0 aliphatic carbocycles. The lowest BCUT2D eigenvalue weighted by Gasteiger charge is -2.29. The molecule has 5 aromatic carbocycles. The fourth-order valence-electron chi connectivity index (χ4n) is 13.8. The lowest BCUT2D eigenvalue weighted by molar-refractivity contribution is -0.142. The van der Waals surface area contributed by atoms with Gasteiger partial charge in [0.1, 0.15) is 84.3 Å². The number of amides is 13. The number of rotatable bonds is 60. The molecule has 0 unspecified atom stereocenters. The van der Waals surface area contributed by atoms with E-state index in [2.05, 4.69) is 69.1 Å². The number of aliphatic carboxylic acids is 4. The summed E-state index contributed by atoms with van der Waals surface area (Å²) in [5.41, 5.74) is 26.0. The van der Waals surface area contributed by atoms with Crippen molar-refractivity contribution in [3.8, 4) is 5.75 Å². The molecular formula is C91H127N17O22. The van der Waals surface area contributed by atoms with Crippen LogP contribution in [0.2, 0.25) is 0 Å². The molecule has 0 radical (unpaired) electrons. The first kappa shape index (κ1) is 107. The first-order chi connectivity index (χ1) is 61.9. The summed E-state index contributed by atoms with van der Waals surface area (Å²) in [6.45, 7) is 8.26. The standard InChI is InChI=1S/C91H127N17O22/c1-53(2)46-67(84(122)97-62(32-18-21-43-92)79(117)99-66(40-42-75(112)113)82(120)103-69(48-57-26-12-7-13-27-57)88(126)107-73(91(129)130)51-59-30-16-9-17-31-59)102-80(118)63(33-19-22-44-93)96-81(119)65(39-41-74(110)111)100-85(123)71(49-58-28-14-8-15-29-58)106-90(128)77(54(3)4)108-83(121)64(34-20-23-45-94)98-89(127)72(52-76(114)115)105-87(125)70(50-60-35-37-61(109)38-36-60)104-86(124)68(101-78(116)55(5)95)47-56-24-10-6-11-25-56/h6-17,24-31,35-38,53-55,62-73,77,109H,18-23,32-34,39-52,92-95H2,1-5H3,(H,96,119)(H,97,122)(H,98,127)(H,99,117)(H,100,123)(H,101,116)(H,102,118)(H,103,120)(H,104,124)(H,105,125)(H,106,128)(H,107,126)(H,108,121)(H,110,111)(H,112,113)(H,114,115)(H,129,130)/t55-,62-,63-,64-,65-,66-,67-,68-,69-,70-,71-,72-,73-,77-/m0/s1. The van der Waals surface area contributed by atoms with E-state index in [1.807, 2.05) is 0 Å². The number of hydrogen-bond donors (Lipinski definition) is 22. The molecule has 13 amide bonds. The number of carboxylic acid groups (broad SMARTS) is 4. The van der Waals surface area contributed by atoms with E-state index in [-0.39, 0.29) is 115 Å². The molecule has 0 aliphatic heterocycles. The molecule has 708 valence electrons. The first-order valence-electron chi connectivity index (χ1n) is 43.5. The van der Waals surface area contributed by atoms with Crippen LogP contribution in [-0.2, 0) is 114 Å². The third-order valence-corrected chi connectivity index (χ3v) is 21.0. The van der Waals surface area contributed by atoms with Crippen molar-refractivity contribution in [2.45, 2.75) is 248 Å². The van der Waals surface area contributed by atoms with Gasteiger partial charge in [0.05, 0.1) is 12.5 Å². The second-order valence-electron chi connectivity index (χ2n) is 32.7. The summed E-state index contributed by atoms with van der Waals surface area (Å²) in [6.07, 6.45) is -3.85. The lowest BCUT2D eigenvalue weighted by atomic mass is 9.99. The number of nitrogens with one attached hydrogen (secondary N) is 13. The summed E-state index contributed by atoms with van der Waals surface area (Å²) >= 11 is 0. The molecule has 0 fully saturated rings. The van der Waals surface area contributed by atoms with Crippen LogP contribution in [0.3, 0.4) is 0 Å². The molecule has 0 bridgehead atoms. The van der Waals surface area contributed by atoms with Crippen molar-refractivity contribution in [2.24, 2.45) is 34.8 Å². The number of benzene rings is 5. The maximum atomic E-state index is 15.0. The fourth-order valence-corrected chi connectivity index (χ4v) is 13.8. The van der Waals surface area contributed by atoms with Crippen molar-refractivity contribution < 1.29 is 107 Å². The van der Waals surface area contributed by atoms with E-state index in [1.54, 1.807) is 135 Å². The molecule has 0 spiro atoms. The highest BCUT2D eigenvalue weighted by molar-refractivity contribution is 6.01. The van der Waals surface area contributed by atoms with Gasteiger partial charge in [0.2, 0.25) is 76.8 Å². The molecular weight excluding hydrogens is 1680 g/mol. The molecule has 0 aromatic heterocycles. The Labute approximate surface area is 754 Å². The Bertz CT molecular complexity index is 4540. The van der Waals surface area contributed by atoms with Crippen LogP contribution in [0.1, 0.15) is 159 Å². The Morgan fingerprint density at radius 2 is 0.531 bits per heavy atom. The number of carbonyl (C=O) groups excluding carboxylic acids is 13. The van der Waals surface area contributed by atoms with Crippen molar-refractivity contribution in [1.29, 1.82) is 0 Å². The minimum Gasteiger partial charge on any atom is -0.508 e. The Kier molecular flexibility index (Phi) is 46.9. The molecule has 26 N–H and O–H groups in total. The van der Waals surface area contributed by atoms with E-state index < -0.39 is 223 Å². The molecule has 14 atom stereocenters. The van der Waals surface area contributed by atoms with Gasteiger partial charge in [-0.25, -0.2) is 4.79 Å². The summed E-state index contributed by atoms with van der Waals surface area (Å²) in [6, 6.07) is 17.2. The summed E-state index contributed by atoms with van der Waals surface area (Å²) in [5.74, 6) is -20.1. The van der Waals surface area contributed by atoms with E-state index in [4.69, 9.17) is 22.9 Å². The fraction of sp³-hybridized carbons (Fsp3) is 0.484. The van der Waals surface area contributed by atoms with Gasteiger partial charge >= 0.3 is 23.9 Å². The SMILES string of the molecule is CC(C)C[C@H](NC(=O)[C@H](CCCCN)NC(=O)[C@H](CCC(=O)O)NC(=O)[C@H](Cc1ccccc1)NC(=O)[C@@H](NC(=O)[C@H](CCCCN)NC(=O)[C@H](CC(=O)O)NC(=O)[C@H](Cc1ccc(O)cc1)NC(=O)[C@H](Cc1ccccc1)NC(=O)[C@H](C)N)C(C)C)C(=O)N[C@@H](CCCCN)C(=O)N[C@@H](CCC(=O)O)C(=O)N[C@@H](Cc1ccccc1)C(=O)N[C@@H](Cc1ccccc1)C(=O)O. The molecule has 5 rings (SSSR count). The second kappa shape index (κ2) is 56.8. The molecule has 130 heavy (non-hydrogen) atoms. The monoisotopic (exact) mass is 1810 g/mol. The first-order valence-corrected chi connectivity index (χ1v) is 43.5. The van der Waals surface area contributed by atoms with E-state index in [0.29, 0.717) is 40.7 Å². The van der Waals surface area contributed by atoms with Gasteiger partial charge in [0, 0.05) is 44.9 Å². The Morgan fingerprint density at radius 3 is 0.831 bits per heavy atom. The van der Waals surface area contributed by atoms with Gasteiger partial charge in [0.25, 0.3) is 0 Å². The molecule has 39 heteroatoms. The van der Waals surface area contributed by atoms with Crippen LogP contribution >= 0.6 is 0 Å². The van der Waals surface area contributed by atoms with Crippen molar-refractivity contribution in [1.82, 2.24) is 69.1 Å². The van der Waals surface area contributed by atoms with Gasteiger partial charge in [0.15, 0.2) is 0 Å². The molecule has 5 aromatic rings. The van der Waals surface area contributed by atoms with E-state index >= 15 is 0 Å². The highest BCUT2D eigenvalue weighted by atomic mass is 16.4. The van der Waals surface area contributed by atoms with E-state index in [0.717, 1.165) is 0 Å². The number of unbranched alkanes of at least 4 members (excludes halogenated alkanes) is 3. The smallest absolute Gasteiger partial charge is 0.326 e. The van der Waals surface area contributed by atoms with Gasteiger partial charge in [-0.05, 0) is 155 Å². The maximum Gasteiger partial charge on any atom is 0.326 e. The van der Waals surface area contributed by atoms with Crippen LogP contribution in [0.15, 0.2) is 146 Å². The van der Waals surface area contributed by atoms with E-state index in [9.17, 15) is 107 Å². The minimum absolute atomic E-state index is 0.0774. The van der Waals surface area contributed by atoms with Crippen molar-refractivity contribution >= 4 is 101 Å². The zero-order chi connectivity index (χ0) is 95.9. The lowest BCUT2D eigenvalue weighted by Crippen LogP contribution is -2.62. The van der Waals surface area contributed by atoms with Crippen LogP contribution < -0.4 is 92.1 Å². The molecule has 0 saturated carbocycles. The van der Waals surface area contributed by atoms with Crippen LogP contribution in [0, 0.1) is 11.8 Å². The number of phenolic OH excluding ortho intramolecular Hbond substituents is 1. The topological polar surface area (TPSA) is 652 Å². The molecule has 0 aliphatic rings. The van der Waals surface area contributed by atoms with Crippen molar-refractivity contribution in [2.75, 3.05) is 19.6 Å². The predicted molar refractivity (Wildman–Crippen MR) is 478 cm³/mol. The normalized spacial score (nSPS) is 14.4. The van der Waals surface area contributed by atoms with E-state index in [1.165, 1.54) is 45.0 Å². The van der Waals surface area contributed by atoms with Crippen LogP contribution in [0.5, 0.6) is 5.75 Å². The van der Waals surface area contributed by atoms with Gasteiger partial charge in [-0.15, -0.1) is 0 Å². The Morgan fingerprint density at radius 1 is 0.277 bits per heavy atom. The Balaban J connectivity index is 1.41. The predicted octanol–water partition coefficient (Wildman–Crippen LogP) is -0.0669. The van der Waals surface area contributed by atoms with Crippen LogP contribution in [0.25, 0.3) is 0 Å². The van der Waals surface area contributed by atoms with Crippen LogP contribution in [0.4, 0.5) is 0 Å². The van der Waals surface area contributed by atoms with Gasteiger partial charge in [-0.1, -0.05) is 161 Å². The van der Waals surface area contributed by atoms with Gasteiger partial charge in [-0.2, -0.15) is 0 Å². The highest BCUT2D eigenvalue weighted by Crippen LogP contribution is 2.19. The number of carboxylic acids is 4. The minimum atomic E-state index is -1.96. The number of hydrogen-bond acceptors (Lipinski definition) is 22. The summed E-state index contributed by atoms with van der Waals surface area (Å²) < 4.78 is 0. The zero-order valence-corrected chi connectivity index (χ0v) is 73.8. The molecule has 0 saturated heterocycles. The number of aromatic hydroxyl groups is 1. The van der Waals surface area contributed by atoms with Gasteiger partial charge < -0.3 is 118 Å². The number of nitrogens with two attached hydrogens (primary N) is 4. The number of phenols is 1. The van der Waals surface area contributed by atoms with Crippen LogP contribution in [-0.4, -0.2) is 230 Å². The summed E-state index contributed by atoms with van der Waals surface area (Å²) in [5, 5.41) is 83.8. The second-order valence-corrected chi connectivity index (χ2v) is 32.7. The summed E-state index contributed by atoms with van der Waals surface area (Å²) in [4.78, 5) is 238. The van der Waals surface area contributed by atoms with Crippen molar-refractivity contribution in [3.63, 3.8) is 0 Å². The third kappa shape index (κ3) is 39.5. The quantitative estimate of drug-likeness (QED) is 0.0227. The average Bonchev–Trinajstić information content (AvgIpc) is 0.836. The van der Waals surface area contributed by atoms with Gasteiger partial charge in [-0.3, -0.25) is 76.7 Å². The number of carbonyl (C=O) groups is 17. The Hall–Kier alpha value is -13.3. The largest absolute Gasteiger partial charge is 0.508 e. The maximum absolute atomic E-state index is 15.0. The highest BCUT2D eigenvalue weighted by Gasteiger charge is 2.40. The summed E-state index contributed by atoms with van der Waals surface area (Å²) in [7, 11) is 0. The van der Waals surface area contributed by atoms with Crippen molar-refractivity contribution in [3.05, 3.63) is 173 Å².